The summed E-state index contributed by atoms with van der Waals surface area (Å²) in [6.07, 6.45) is 3.48. The standard InChI is InChI=1S/C15H28O4/c1-6-10-11-12(14(17)18-5)13(16)15(7-2,8-3)19-9-4/h12H,6-11H2,1-5H3. The second-order valence-electron chi connectivity index (χ2n) is 4.72. The van der Waals surface area contributed by atoms with Crippen molar-refractivity contribution >= 4 is 11.8 Å². The molecule has 0 amide bonds. The smallest absolute Gasteiger partial charge is 0.316 e. The lowest BCUT2D eigenvalue weighted by Gasteiger charge is -2.32. The third-order valence-corrected chi connectivity index (χ3v) is 3.66. The Morgan fingerprint density at radius 1 is 1.11 bits per heavy atom. The summed E-state index contributed by atoms with van der Waals surface area (Å²) in [5.74, 6) is -1.26. The molecule has 0 spiro atoms. The first-order chi connectivity index (χ1) is 9.02. The first-order valence-electron chi connectivity index (χ1n) is 7.28. The van der Waals surface area contributed by atoms with Crippen molar-refractivity contribution in [2.24, 2.45) is 5.92 Å². The predicted octanol–water partition coefficient (Wildman–Crippen LogP) is 3.13. The first-order valence-corrected chi connectivity index (χ1v) is 7.28. The van der Waals surface area contributed by atoms with E-state index < -0.39 is 17.5 Å². The number of esters is 1. The molecule has 0 aliphatic heterocycles. The average molecular weight is 272 g/mol. The van der Waals surface area contributed by atoms with Crippen LogP contribution in [0.2, 0.25) is 0 Å². The molecule has 0 bridgehead atoms. The number of hydrogen-bond donors (Lipinski definition) is 0. The van der Waals surface area contributed by atoms with Crippen molar-refractivity contribution in [2.45, 2.75) is 65.4 Å². The van der Waals surface area contributed by atoms with Crippen molar-refractivity contribution in [3.8, 4) is 0 Å². The largest absolute Gasteiger partial charge is 0.468 e. The van der Waals surface area contributed by atoms with Gasteiger partial charge >= 0.3 is 5.97 Å². The average Bonchev–Trinajstić information content (AvgIpc) is 2.44. The molecule has 112 valence electrons. The van der Waals surface area contributed by atoms with Crippen molar-refractivity contribution in [2.75, 3.05) is 13.7 Å². The van der Waals surface area contributed by atoms with E-state index in [2.05, 4.69) is 0 Å². The quantitative estimate of drug-likeness (QED) is 0.453. The monoisotopic (exact) mass is 272 g/mol. The molecule has 0 aromatic rings. The molecule has 0 aromatic heterocycles. The molecule has 0 aliphatic carbocycles. The number of methoxy groups -OCH3 is 1. The van der Waals surface area contributed by atoms with Gasteiger partial charge in [-0.15, -0.1) is 0 Å². The van der Waals surface area contributed by atoms with Gasteiger partial charge in [0.2, 0.25) is 0 Å². The predicted molar refractivity (Wildman–Crippen MR) is 75.0 cm³/mol. The van der Waals surface area contributed by atoms with Gasteiger partial charge < -0.3 is 9.47 Å². The highest BCUT2D eigenvalue weighted by molar-refractivity contribution is 6.03. The van der Waals surface area contributed by atoms with Gasteiger partial charge in [-0.05, 0) is 26.2 Å². The second kappa shape index (κ2) is 9.08. The SMILES string of the molecule is CCCCC(C(=O)OC)C(=O)C(CC)(CC)OCC. The zero-order valence-corrected chi connectivity index (χ0v) is 13.0. The lowest BCUT2D eigenvalue weighted by molar-refractivity contribution is -0.161. The molecule has 4 nitrogen and oxygen atoms in total. The zero-order valence-electron chi connectivity index (χ0n) is 13.0. The molecule has 19 heavy (non-hydrogen) atoms. The number of rotatable bonds is 10. The van der Waals surface area contributed by atoms with Crippen LogP contribution in [0.25, 0.3) is 0 Å². The minimum Gasteiger partial charge on any atom is -0.468 e. The van der Waals surface area contributed by atoms with Crippen LogP contribution in [0.3, 0.4) is 0 Å². The molecule has 4 heteroatoms. The topological polar surface area (TPSA) is 52.6 Å². The number of Topliss-reactive ketones (excluding diaryl/α,β-unsaturated/α-hetero) is 1. The van der Waals surface area contributed by atoms with Crippen LogP contribution in [0.4, 0.5) is 0 Å². The fraction of sp³-hybridized carbons (Fsp3) is 0.867. The Labute approximate surface area is 116 Å². The molecule has 0 saturated carbocycles. The summed E-state index contributed by atoms with van der Waals surface area (Å²) in [6.45, 7) is 8.21. The van der Waals surface area contributed by atoms with Gasteiger partial charge in [-0.2, -0.15) is 0 Å². The highest BCUT2D eigenvalue weighted by Crippen LogP contribution is 2.28. The highest BCUT2D eigenvalue weighted by atomic mass is 16.5. The van der Waals surface area contributed by atoms with E-state index >= 15 is 0 Å². The molecule has 0 radical (unpaired) electrons. The number of ether oxygens (including phenoxy) is 2. The van der Waals surface area contributed by atoms with E-state index in [1.807, 2.05) is 27.7 Å². The molecule has 0 aliphatic rings. The van der Waals surface area contributed by atoms with Crippen LogP contribution in [-0.2, 0) is 19.1 Å². The van der Waals surface area contributed by atoms with Gasteiger partial charge in [0, 0.05) is 6.61 Å². The summed E-state index contributed by atoms with van der Waals surface area (Å²) >= 11 is 0. The number of ketones is 1. The molecular formula is C15H28O4. The Morgan fingerprint density at radius 3 is 2.05 bits per heavy atom. The second-order valence-corrected chi connectivity index (χ2v) is 4.72. The van der Waals surface area contributed by atoms with Gasteiger partial charge in [-0.25, -0.2) is 0 Å². The van der Waals surface area contributed by atoms with Crippen LogP contribution in [0, 0.1) is 5.92 Å². The Morgan fingerprint density at radius 2 is 1.68 bits per heavy atom. The summed E-state index contributed by atoms with van der Waals surface area (Å²) in [5, 5.41) is 0. The van der Waals surface area contributed by atoms with E-state index in [4.69, 9.17) is 9.47 Å². The third kappa shape index (κ3) is 4.60. The summed E-state index contributed by atoms with van der Waals surface area (Å²) < 4.78 is 10.5. The maximum atomic E-state index is 12.7. The molecule has 0 N–H and O–H groups in total. The molecule has 1 atom stereocenters. The highest BCUT2D eigenvalue weighted by Gasteiger charge is 2.42. The Bertz CT molecular complexity index is 282. The zero-order chi connectivity index (χ0) is 14.9. The number of hydrogen-bond acceptors (Lipinski definition) is 4. The van der Waals surface area contributed by atoms with Crippen LogP contribution < -0.4 is 0 Å². The Balaban J connectivity index is 5.16. The van der Waals surface area contributed by atoms with E-state index in [1.54, 1.807) is 0 Å². The van der Waals surface area contributed by atoms with E-state index in [0.717, 1.165) is 12.8 Å². The van der Waals surface area contributed by atoms with E-state index in [0.29, 0.717) is 25.9 Å². The lowest BCUT2D eigenvalue weighted by atomic mass is 9.82. The summed E-state index contributed by atoms with van der Waals surface area (Å²) in [7, 11) is 1.33. The summed E-state index contributed by atoms with van der Waals surface area (Å²) in [6, 6.07) is 0. The molecule has 0 rings (SSSR count). The van der Waals surface area contributed by atoms with Gasteiger partial charge in [-0.1, -0.05) is 33.6 Å². The van der Waals surface area contributed by atoms with Crippen molar-refractivity contribution in [3.63, 3.8) is 0 Å². The molecule has 0 aromatic carbocycles. The molecule has 0 saturated heterocycles. The minimum absolute atomic E-state index is 0.125. The number of carbonyl (C=O) groups excluding carboxylic acids is 2. The van der Waals surface area contributed by atoms with Gasteiger partial charge in [0.25, 0.3) is 0 Å². The maximum Gasteiger partial charge on any atom is 0.316 e. The van der Waals surface area contributed by atoms with Crippen LogP contribution in [0.1, 0.15) is 59.8 Å². The third-order valence-electron chi connectivity index (χ3n) is 3.66. The molecule has 0 fully saturated rings. The normalized spacial score (nSPS) is 13.1. The number of carbonyl (C=O) groups is 2. The Hall–Kier alpha value is -0.900. The van der Waals surface area contributed by atoms with Crippen LogP contribution in [0.5, 0.6) is 0 Å². The van der Waals surface area contributed by atoms with E-state index in [-0.39, 0.29) is 5.78 Å². The van der Waals surface area contributed by atoms with Crippen molar-refractivity contribution in [3.05, 3.63) is 0 Å². The van der Waals surface area contributed by atoms with Crippen molar-refractivity contribution in [1.29, 1.82) is 0 Å². The maximum absolute atomic E-state index is 12.7. The lowest BCUT2D eigenvalue weighted by Crippen LogP contribution is -2.46. The summed E-state index contributed by atoms with van der Waals surface area (Å²) in [5.41, 5.74) is -0.846. The fourth-order valence-electron chi connectivity index (χ4n) is 2.37. The Kier molecular flexibility index (Phi) is 8.65. The minimum atomic E-state index is -0.846. The fourth-order valence-corrected chi connectivity index (χ4v) is 2.37. The van der Waals surface area contributed by atoms with Crippen LogP contribution in [-0.4, -0.2) is 31.1 Å². The van der Waals surface area contributed by atoms with E-state index in [1.165, 1.54) is 7.11 Å². The first kappa shape index (κ1) is 18.1. The number of unbranched alkanes of at least 4 members (excludes halogenated alkanes) is 1. The van der Waals surface area contributed by atoms with Gasteiger partial charge in [-0.3, -0.25) is 9.59 Å². The van der Waals surface area contributed by atoms with Gasteiger partial charge in [0.05, 0.1) is 7.11 Å². The van der Waals surface area contributed by atoms with Gasteiger partial charge in [0.15, 0.2) is 5.78 Å². The molecule has 1 unspecified atom stereocenters. The van der Waals surface area contributed by atoms with Crippen molar-refractivity contribution in [1.82, 2.24) is 0 Å². The van der Waals surface area contributed by atoms with Crippen LogP contribution >= 0.6 is 0 Å². The molecule has 0 heterocycles. The van der Waals surface area contributed by atoms with Gasteiger partial charge in [0.1, 0.15) is 11.5 Å². The van der Waals surface area contributed by atoms with E-state index in [9.17, 15) is 9.59 Å². The van der Waals surface area contributed by atoms with Crippen molar-refractivity contribution < 1.29 is 19.1 Å². The molecular weight excluding hydrogens is 244 g/mol. The van der Waals surface area contributed by atoms with Crippen LogP contribution in [0.15, 0.2) is 0 Å². The summed E-state index contributed by atoms with van der Waals surface area (Å²) in [4.78, 5) is 24.5.